The summed E-state index contributed by atoms with van der Waals surface area (Å²) in [4.78, 5) is 0. The Morgan fingerprint density at radius 1 is 1.62 bits per heavy atom. The van der Waals surface area contributed by atoms with E-state index in [1.807, 2.05) is 6.07 Å². The van der Waals surface area contributed by atoms with Crippen LogP contribution in [-0.2, 0) is 0 Å². The van der Waals surface area contributed by atoms with E-state index in [4.69, 9.17) is 16.9 Å². The number of nitrogens with one attached hydrogen (secondary N) is 1. The van der Waals surface area contributed by atoms with Gasteiger partial charge in [-0.1, -0.05) is 11.6 Å². The van der Waals surface area contributed by atoms with Crippen molar-refractivity contribution in [3.8, 4) is 6.07 Å². The summed E-state index contributed by atoms with van der Waals surface area (Å²) in [5.74, 6) is -0.449. The topological polar surface area (TPSA) is 35.8 Å². The van der Waals surface area contributed by atoms with Crippen molar-refractivity contribution in [3.05, 3.63) is 29.0 Å². The molecule has 4 heteroatoms. The molecular weight excluding hydrogens is 191 g/mol. The second-order valence-corrected chi connectivity index (χ2v) is 3.06. The van der Waals surface area contributed by atoms with Gasteiger partial charge in [0.2, 0.25) is 0 Å². The minimum Gasteiger partial charge on any atom is -0.368 e. The van der Waals surface area contributed by atoms with E-state index in [0.29, 0.717) is 10.7 Å². The van der Waals surface area contributed by atoms with Crippen molar-refractivity contribution >= 4 is 17.3 Å². The van der Waals surface area contributed by atoms with Gasteiger partial charge in [-0.3, -0.25) is 0 Å². The van der Waals surface area contributed by atoms with E-state index in [2.05, 4.69) is 5.32 Å². The summed E-state index contributed by atoms with van der Waals surface area (Å²) >= 11 is 5.55. The Hall–Kier alpha value is -1.27. The van der Waals surface area contributed by atoms with Gasteiger partial charge in [-0.25, -0.2) is 4.39 Å². The Bertz CT molecular complexity index is 346. The van der Waals surface area contributed by atoms with Gasteiger partial charge in [-0.05, 0) is 25.1 Å². The van der Waals surface area contributed by atoms with E-state index in [1.54, 1.807) is 13.0 Å². The molecule has 68 valence electrons. The third kappa shape index (κ3) is 2.60. The highest BCUT2D eigenvalue weighted by atomic mass is 35.5. The van der Waals surface area contributed by atoms with E-state index in [0.717, 1.165) is 0 Å². The van der Waals surface area contributed by atoms with E-state index < -0.39 is 11.9 Å². The van der Waals surface area contributed by atoms with Gasteiger partial charge in [0.05, 0.1) is 11.8 Å². The molecule has 0 fully saturated rings. The molecule has 0 radical (unpaired) electrons. The fraction of sp³-hybridized carbons (Fsp3) is 0.222. The lowest BCUT2D eigenvalue weighted by atomic mass is 10.2. The number of benzene rings is 1. The maximum absolute atomic E-state index is 13.1. The lowest BCUT2D eigenvalue weighted by Gasteiger charge is -2.08. The average molecular weight is 199 g/mol. The summed E-state index contributed by atoms with van der Waals surface area (Å²) in [5, 5.41) is 11.5. The van der Waals surface area contributed by atoms with E-state index >= 15 is 0 Å². The first kappa shape index (κ1) is 9.82. The smallest absolute Gasteiger partial charge is 0.147 e. The Labute approximate surface area is 80.9 Å². The standard InChI is InChI=1S/C9H8ClFN2/c1-6(5-12)13-9-3-2-7(10)4-8(9)11/h2-4,6,13H,1H3. The summed E-state index contributed by atoms with van der Waals surface area (Å²) < 4.78 is 13.1. The molecule has 13 heavy (non-hydrogen) atoms. The monoisotopic (exact) mass is 198 g/mol. The molecule has 1 aromatic rings. The molecule has 0 amide bonds. The van der Waals surface area contributed by atoms with Crippen LogP contribution in [0.3, 0.4) is 0 Å². The lowest BCUT2D eigenvalue weighted by molar-refractivity contribution is 0.629. The normalized spacial score (nSPS) is 11.8. The number of hydrogen-bond acceptors (Lipinski definition) is 2. The number of rotatable bonds is 2. The van der Waals surface area contributed by atoms with Crippen molar-refractivity contribution in [1.29, 1.82) is 5.26 Å². The third-order valence-corrected chi connectivity index (χ3v) is 1.73. The van der Waals surface area contributed by atoms with Crippen molar-refractivity contribution in [2.24, 2.45) is 0 Å². The van der Waals surface area contributed by atoms with E-state index in [1.165, 1.54) is 12.1 Å². The summed E-state index contributed by atoms with van der Waals surface area (Å²) in [6, 6.07) is 5.80. The molecule has 1 rings (SSSR count). The van der Waals surface area contributed by atoms with Crippen LogP contribution in [0.15, 0.2) is 18.2 Å². The summed E-state index contributed by atoms with van der Waals surface area (Å²) in [7, 11) is 0. The van der Waals surface area contributed by atoms with Crippen LogP contribution < -0.4 is 5.32 Å². The van der Waals surface area contributed by atoms with Crippen molar-refractivity contribution in [2.45, 2.75) is 13.0 Å². The van der Waals surface area contributed by atoms with Gasteiger partial charge in [0.15, 0.2) is 0 Å². The van der Waals surface area contributed by atoms with Crippen LogP contribution in [0.1, 0.15) is 6.92 Å². The molecule has 0 aliphatic heterocycles. The molecular formula is C9H8ClFN2. The maximum Gasteiger partial charge on any atom is 0.147 e. The van der Waals surface area contributed by atoms with Crippen LogP contribution in [0.5, 0.6) is 0 Å². The zero-order chi connectivity index (χ0) is 9.84. The van der Waals surface area contributed by atoms with Crippen LogP contribution in [-0.4, -0.2) is 6.04 Å². The molecule has 1 aromatic carbocycles. The number of nitrogens with zero attached hydrogens (tertiary/aromatic N) is 1. The Morgan fingerprint density at radius 3 is 2.85 bits per heavy atom. The zero-order valence-corrected chi connectivity index (χ0v) is 7.77. The van der Waals surface area contributed by atoms with Crippen LogP contribution in [0.25, 0.3) is 0 Å². The molecule has 1 N–H and O–H groups in total. The Balaban J connectivity index is 2.85. The maximum atomic E-state index is 13.1. The third-order valence-electron chi connectivity index (χ3n) is 1.50. The molecule has 1 atom stereocenters. The van der Waals surface area contributed by atoms with Gasteiger partial charge in [0.25, 0.3) is 0 Å². The van der Waals surface area contributed by atoms with Crippen molar-refractivity contribution < 1.29 is 4.39 Å². The Morgan fingerprint density at radius 2 is 2.31 bits per heavy atom. The molecule has 0 aliphatic carbocycles. The van der Waals surface area contributed by atoms with Crippen LogP contribution in [0, 0.1) is 17.1 Å². The quantitative estimate of drug-likeness (QED) is 0.793. The molecule has 0 aromatic heterocycles. The minimum absolute atomic E-state index is 0.290. The highest BCUT2D eigenvalue weighted by Crippen LogP contribution is 2.19. The molecule has 0 saturated heterocycles. The van der Waals surface area contributed by atoms with Gasteiger partial charge < -0.3 is 5.32 Å². The molecule has 0 spiro atoms. The predicted octanol–water partition coefficient (Wildman–Crippen LogP) is 2.80. The molecule has 1 unspecified atom stereocenters. The van der Waals surface area contributed by atoms with Crippen molar-refractivity contribution in [1.82, 2.24) is 0 Å². The lowest BCUT2D eigenvalue weighted by Crippen LogP contribution is -2.12. The van der Waals surface area contributed by atoms with Crippen molar-refractivity contribution in [3.63, 3.8) is 0 Å². The first-order valence-corrected chi connectivity index (χ1v) is 4.12. The highest BCUT2D eigenvalue weighted by Gasteiger charge is 2.05. The van der Waals surface area contributed by atoms with Gasteiger partial charge in [-0.2, -0.15) is 5.26 Å². The second kappa shape index (κ2) is 4.11. The van der Waals surface area contributed by atoms with Crippen LogP contribution in [0.4, 0.5) is 10.1 Å². The Kier molecular flexibility index (Phi) is 3.10. The van der Waals surface area contributed by atoms with E-state index in [9.17, 15) is 4.39 Å². The van der Waals surface area contributed by atoms with E-state index in [-0.39, 0.29) is 0 Å². The zero-order valence-electron chi connectivity index (χ0n) is 7.01. The first-order chi connectivity index (χ1) is 6.13. The first-order valence-electron chi connectivity index (χ1n) is 3.74. The van der Waals surface area contributed by atoms with Gasteiger partial charge in [-0.15, -0.1) is 0 Å². The fourth-order valence-corrected chi connectivity index (χ4v) is 1.03. The summed E-state index contributed by atoms with van der Waals surface area (Å²) in [5.41, 5.74) is 0.290. The van der Waals surface area contributed by atoms with Gasteiger partial charge in [0.1, 0.15) is 11.9 Å². The molecule has 0 aliphatic rings. The number of hydrogen-bond donors (Lipinski definition) is 1. The second-order valence-electron chi connectivity index (χ2n) is 2.62. The molecule has 0 bridgehead atoms. The minimum atomic E-state index is -0.449. The van der Waals surface area contributed by atoms with Crippen molar-refractivity contribution in [2.75, 3.05) is 5.32 Å². The summed E-state index contributed by atoms with van der Waals surface area (Å²) in [6.07, 6.45) is 0. The fourth-order valence-electron chi connectivity index (χ4n) is 0.872. The van der Waals surface area contributed by atoms with Gasteiger partial charge >= 0.3 is 0 Å². The number of anilines is 1. The largest absolute Gasteiger partial charge is 0.368 e. The number of halogens is 2. The average Bonchev–Trinajstić information content (AvgIpc) is 2.09. The van der Waals surface area contributed by atoms with Crippen LogP contribution in [0.2, 0.25) is 5.02 Å². The highest BCUT2D eigenvalue weighted by molar-refractivity contribution is 6.30. The molecule has 2 nitrogen and oxygen atoms in total. The SMILES string of the molecule is CC(C#N)Nc1ccc(Cl)cc1F. The van der Waals surface area contributed by atoms with Gasteiger partial charge in [0, 0.05) is 5.02 Å². The molecule has 0 saturated carbocycles. The predicted molar refractivity (Wildman–Crippen MR) is 50.1 cm³/mol. The van der Waals surface area contributed by atoms with Crippen LogP contribution >= 0.6 is 11.6 Å². The number of nitriles is 1. The summed E-state index contributed by atoms with van der Waals surface area (Å²) in [6.45, 7) is 1.65. The molecule has 0 heterocycles.